The Hall–Kier alpha value is -3.85. The first-order valence-electron chi connectivity index (χ1n) is 10.5. The molecular weight excluding hydrogens is 483 g/mol. The standard InChI is InChI=1S/C25H21ClF3N3O3/c26-20-8-4-18(5-9-20)16-35-22-10-6-17(7-11-22)15-30-32-24(34)13-12-23(33)31-21-3-1-2-19(14-21)25(27,28)29/h1-11,14-15H,12-13,16H2,(H,31,33)(H,32,34). The van der Waals surface area contributed by atoms with E-state index < -0.39 is 23.6 Å². The molecule has 3 rings (SSSR count). The highest BCUT2D eigenvalue weighted by Gasteiger charge is 2.30. The molecule has 2 N–H and O–H groups in total. The minimum absolute atomic E-state index is 0.00356. The van der Waals surface area contributed by atoms with Crippen LogP contribution in [0.1, 0.15) is 29.5 Å². The second-order valence-electron chi connectivity index (χ2n) is 7.40. The van der Waals surface area contributed by atoms with Gasteiger partial charge in [0.25, 0.3) is 0 Å². The van der Waals surface area contributed by atoms with Gasteiger partial charge in [-0.3, -0.25) is 9.59 Å². The van der Waals surface area contributed by atoms with E-state index in [0.29, 0.717) is 22.9 Å². The monoisotopic (exact) mass is 503 g/mol. The van der Waals surface area contributed by atoms with Crippen LogP contribution in [0.25, 0.3) is 0 Å². The Kier molecular flexibility index (Phi) is 8.86. The summed E-state index contributed by atoms with van der Waals surface area (Å²) < 4.78 is 43.9. The number of anilines is 1. The number of hydrazone groups is 1. The summed E-state index contributed by atoms with van der Waals surface area (Å²) in [5.74, 6) is -0.436. The van der Waals surface area contributed by atoms with Gasteiger partial charge in [0, 0.05) is 23.6 Å². The predicted molar refractivity (Wildman–Crippen MR) is 127 cm³/mol. The number of carbonyl (C=O) groups is 2. The Balaban J connectivity index is 1.39. The third-order valence-electron chi connectivity index (χ3n) is 4.65. The first kappa shape index (κ1) is 25.8. The normalized spacial score (nSPS) is 11.3. The molecule has 0 fully saturated rings. The fraction of sp³-hybridized carbons (Fsp3) is 0.160. The molecule has 182 valence electrons. The first-order valence-corrected chi connectivity index (χ1v) is 10.8. The minimum Gasteiger partial charge on any atom is -0.489 e. The molecule has 0 aliphatic carbocycles. The van der Waals surface area contributed by atoms with E-state index in [0.717, 1.165) is 17.7 Å². The topological polar surface area (TPSA) is 79.8 Å². The number of hydrogen-bond donors (Lipinski definition) is 2. The average molecular weight is 504 g/mol. The fourth-order valence-electron chi connectivity index (χ4n) is 2.86. The summed E-state index contributed by atoms with van der Waals surface area (Å²) in [6.07, 6.45) is -3.47. The molecule has 0 aliphatic rings. The molecule has 0 unspecified atom stereocenters. The summed E-state index contributed by atoms with van der Waals surface area (Å²) in [7, 11) is 0. The molecule has 0 heterocycles. The van der Waals surface area contributed by atoms with Gasteiger partial charge in [0.05, 0.1) is 11.8 Å². The van der Waals surface area contributed by atoms with Gasteiger partial charge in [0.1, 0.15) is 12.4 Å². The van der Waals surface area contributed by atoms with Crippen LogP contribution in [0.15, 0.2) is 77.9 Å². The Morgan fingerprint density at radius 3 is 2.31 bits per heavy atom. The quantitative estimate of drug-likeness (QED) is 0.286. The van der Waals surface area contributed by atoms with Crippen LogP contribution in [0, 0.1) is 0 Å². The number of amides is 2. The number of rotatable bonds is 9. The van der Waals surface area contributed by atoms with Crippen LogP contribution in [0.4, 0.5) is 18.9 Å². The van der Waals surface area contributed by atoms with Crippen LogP contribution in [-0.2, 0) is 22.4 Å². The maximum absolute atomic E-state index is 12.7. The molecule has 0 spiro atoms. The van der Waals surface area contributed by atoms with Gasteiger partial charge in [-0.2, -0.15) is 18.3 Å². The van der Waals surface area contributed by atoms with Gasteiger partial charge in [0.2, 0.25) is 11.8 Å². The van der Waals surface area contributed by atoms with Crippen molar-refractivity contribution in [3.63, 3.8) is 0 Å². The molecular formula is C25H21ClF3N3O3. The lowest BCUT2D eigenvalue weighted by atomic mass is 10.2. The molecule has 0 saturated heterocycles. The summed E-state index contributed by atoms with van der Waals surface area (Å²) >= 11 is 5.86. The number of ether oxygens (including phenoxy) is 1. The molecule has 3 aromatic carbocycles. The van der Waals surface area contributed by atoms with Gasteiger partial charge in [-0.25, -0.2) is 5.43 Å². The van der Waals surface area contributed by atoms with Crippen molar-refractivity contribution in [2.24, 2.45) is 5.10 Å². The maximum Gasteiger partial charge on any atom is 0.416 e. The third kappa shape index (κ3) is 8.78. The van der Waals surface area contributed by atoms with Crippen LogP contribution in [-0.4, -0.2) is 18.0 Å². The number of alkyl halides is 3. The van der Waals surface area contributed by atoms with Crippen LogP contribution in [0.3, 0.4) is 0 Å². The molecule has 0 bridgehead atoms. The summed E-state index contributed by atoms with van der Waals surface area (Å²) in [5, 5.41) is 6.84. The molecule has 0 aliphatic heterocycles. The van der Waals surface area contributed by atoms with Crippen LogP contribution in [0.2, 0.25) is 5.02 Å². The molecule has 3 aromatic rings. The zero-order chi connectivity index (χ0) is 25.3. The highest BCUT2D eigenvalue weighted by molar-refractivity contribution is 6.30. The Morgan fingerprint density at radius 1 is 0.943 bits per heavy atom. The second-order valence-corrected chi connectivity index (χ2v) is 7.84. The predicted octanol–water partition coefficient (Wildman–Crippen LogP) is 5.81. The summed E-state index contributed by atoms with van der Waals surface area (Å²) in [6, 6.07) is 18.6. The highest BCUT2D eigenvalue weighted by atomic mass is 35.5. The minimum atomic E-state index is -4.51. The van der Waals surface area contributed by atoms with Gasteiger partial charge in [-0.1, -0.05) is 29.8 Å². The van der Waals surface area contributed by atoms with Gasteiger partial charge in [0.15, 0.2) is 0 Å². The Morgan fingerprint density at radius 2 is 1.63 bits per heavy atom. The number of carbonyl (C=O) groups excluding carboxylic acids is 2. The van der Waals surface area contributed by atoms with Crippen LogP contribution in [0.5, 0.6) is 5.75 Å². The van der Waals surface area contributed by atoms with Gasteiger partial charge >= 0.3 is 6.18 Å². The van der Waals surface area contributed by atoms with Gasteiger partial charge in [-0.05, 0) is 65.7 Å². The fourth-order valence-corrected chi connectivity index (χ4v) is 2.98. The smallest absolute Gasteiger partial charge is 0.416 e. The van der Waals surface area contributed by atoms with E-state index in [1.165, 1.54) is 18.3 Å². The van der Waals surface area contributed by atoms with Crippen molar-refractivity contribution in [3.05, 3.63) is 94.5 Å². The van der Waals surface area contributed by atoms with Crippen molar-refractivity contribution in [2.75, 3.05) is 5.32 Å². The second kappa shape index (κ2) is 12.0. The zero-order valence-electron chi connectivity index (χ0n) is 18.3. The molecule has 0 aromatic heterocycles. The Bertz CT molecular complexity index is 1180. The SMILES string of the molecule is O=C(CCC(=O)Nc1cccc(C(F)(F)F)c1)NN=Cc1ccc(OCc2ccc(Cl)cc2)cc1. The van der Waals surface area contributed by atoms with E-state index in [4.69, 9.17) is 16.3 Å². The van der Waals surface area contributed by atoms with Crippen LogP contribution < -0.4 is 15.5 Å². The van der Waals surface area contributed by atoms with Crippen molar-refractivity contribution >= 4 is 35.3 Å². The highest BCUT2D eigenvalue weighted by Crippen LogP contribution is 2.30. The number of benzene rings is 3. The van der Waals surface area contributed by atoms with Crippen LogP contribution >= 0.6 is 11.6 Å². The largest absolute Gasteiger partial charge is 0.489 e. The number of nitrogens with zero attached hydrogens (tertiary/aromatic N) is 1. The third-order valence-corrected chi connectivity index (χ3v) is 4.91. The molecule has 10 heteroatoms. The molecule has 35 heavy (non-hydrogen) atoms. The lowest BCUT2D eigenvalue weighted by Crippen LogP contribution is -2.20. The van der Waals surface area contributed by atoms with E-state index in [2.05, 4.69) is 15.8 Å². The lowest BCUT2D eigenvalue weighted by Gasteiger charge is -2.09. The van der Waals surface area contributed by atoms with E-state index >= 15 is 0 Å². The summed E-state index contributed by atoms with van der Waals surface area (Å²) in [5.41, 5.74) is 3.13. The van der Waals surface area contributed by atoms with Crippen molar-refractivity contribution in [2.45, 2.75) is 25.6 Å². The number of hydrogen-bond acceptors (Lipinski definition) is 4. The number of nitrogens with one attached hydrogen (secondary N) is 2. The van der Waals surface area contributed by atoms with Crippen molar-refractivity contribution in [1.82, 2.24) is 5.43 Å². The molecule has 6 nitrogen and oxygen atoms in total. The van der Waals surface area contributed by atoms with E-state index in [1.807, 2.05) is 12.1 Å². The van der Waals surface area contributed by atoms with Crippen molar-refractivity contribution in [3.8, 4) is 5.75 Å². The molecule has 0 saturated carbocycles. The van der Waals surface area contributed by atoms with Crippen molar-refractivity contribution in [1.29, 1.82) is 0 Å². The van der Waals surface area contributed by atoms with E-state index in [9.17, 15) is 22.8 Å². The molecule has 0 radical (unpaired) electrons. The van der Waals surface area contributed by atoms with Gasteiger partial charge < -0.3 is 10.1 Å². The average Bonchev–Trinajstić information content (AvgIpc) is 2.83. The summed E-state index contributed by atoms with van der Waals surface area (Å²) in [4.78, 5) is 23.8. The summed E-state index contributed by atoms with van der Waals surface area (Å²) in [6.45, 7) is 0.391. The maximum atomic E-state index is 12.7. The molecule has 2 amide bonds. The Labute approximate surface area is 204 Å². The number of halogens is 4. The lowest BCUT2D eigenvalue weighted by molar-refractivity contribution is -0.137. The van der Waals surface area contributed by atoms with E-state index in [-0.39, 0.29) is 18.5 Å². The van der Waals surface area contributed by atoms with Gasteiger partial charge in [-0.15, -0.1) is 0 Å². The first-order chi connectivity index (χ1) is 16.7. The molecule has 0 atom stereocenters. The zero-order valence-corrected chi connectivity index (χ0v) is 19.1. The van der Waals surface area contributed by atoms with E-state index in [1.54, 1.807) is 36.4 Å². The van der Waals surface area contributed by atoms with Crippen molar-refractivity contribution < 1.29 is 27.5 Å².